The molecule has 3 nitrogen and oxygen atoms in total. The summed E-state index contributed by atoms with van der Waals surface area (Å²) in [5.74, 6) is -1.78. The fraction of sp³-hybridized carbons (Fsp3) is 0.278. The molecule has 2 aromatic rings. The zero-order valence-corrected chi connectivity index (χ0v) is 12.9. The van der Waals surface area contributed by atoms with E-state index in [2.05, 4.69) is 4.98 Å². The van der Waals surface area contributed by atoms with Crippen LogP contribution in [0.2, 0.25) is 0 Å². The number of halogens is 3. The van der Waals surface area contributed by atoms with E-state index >= 15 is 0 Å². The Labute approximate surface area is 137 Å². The molecule has 0 bridgehead atoms. The molecule has 0 radical (unpaired) electrons. The van der Waals surface area contributed by atoms with Crippen LogP contribution in [0.3, 0.4) is 0 Å². The van der Waals surface area contributed by atoms with Gasteiger partial charge < -0.3 is 0 Å². The minimum atomic E-state index is -4.38. The number of carbonyl (C=O) groups is 1. The summed E-state index contributed by atoms with van der Waals surface area (Å²) in [4.78, 5) is 16.5. The highest BCUT2D eigenvalue weighted by Crippen LogP contribution is 2.29. The highest BCUT2D eigenvalue weighted by atomic mass is 19.4. The van der Waals surface area contributed by atoms with Crippen LogP contribution < -0.4 is 0 Å². The highest BCUT2D eigenvalue weighted by Gasteiger charge is 2.30. The molecule has 0 fully saturated rings. The maximum absolute atomic E-state index is 12.6. The largest absolute Gasteiger partial charge is 0.416 e. The number of nitriles is 1. The van der Waals surface area contributed by atoms with Gasteiger partial charge in [-0.05, 0) is 36.2 Å². The first-order chi connectivity index (χ1) is 11.3. The Bertz CT molecular complexity index is 734. The van der Waals surface area contributed by atoms with E-state index < -0.39 is 23.6 Å². The first kappa shape index (κ1) is 17.7. The zero-order valence-electron chi connectivity index (χ0n) is 12.9. The average Bonchev–Trinajstić information content (AvgIpc) is 2.56. The summed E-state index contributed by atoms with van der Waals surface area (Å²) in [6, 6.07) is 11.6. The van der Waals surface area contributed by atoms with Crippen molar-refractivity contribution in [3.05, 3.63) is 65.5 Å². The Hall–Kier alpha value is -2.68. The van der Waals surface area contributed by atoms with Gasteiger partial charge in [0.2, 0.25) is 0 Å². The van der Waals surface area contributed by atoms with Gasteiger partial charge in [-0.1, -0.05) is 25.1 Å². The molecule has 0 aliphatic rings. The Morgan fingerprint density at radius 1 is 1.21 bits per heavy atom. The van der Waals surface area contributed by atoms with Gasteiger partial charge in [0.15, 0.2) is 5.78 Å². The summed E-state index contributed by atoms with van der Waals surface area (Å²) in [5, 5.41) is 9.25. The van der Waals surface area contributed by atoms with Crippen molar-refractivity contribution in [1.29, 1.82) is 5.26 Å². The number of carbonyl (C=O) groups excluding carboxylic acids is 1. The van der Waals surface area contributed by atoms with E-state index in [4.69, 9.17) is 0 Å². The molecule has 0 saturated carbocycles. The smallest absolute Gasteiger partial charge is 0.297 e. The topological polar surface area (TPSA) is 53.8 Å². The van der Waals surface area contributed by atoms with Gasteiger partial charge in [0.25, 0.3) is 0 Å². The van der Waals surface area contributed by atoms with Crippen LogP contribution in [-0.4, -0.2) is 10.8 Å². The third-order valence-corrected chi connectivity index (χ3v) is 3.71. The molecule has 0 unspecified atom stereocenters. The lowest BCUT2D eigenvalue weighted by molar-refractivity contribution is -0.137. The van der Waals surface area contributed by atoms with Crippen molar-refractivity contribution in [2.75, 3.05) is 0 Å². The van der Waals surface area contributed by atoms with Crippen molar-refractivity contribution >= 4 is 5.78 Å². The monoisotopic (exact) mass is 332 g/mol. The number of benzene rings is 1. The fourth-order valence-corrected chi connectivity index (χ4v) is 2.39. The van der Waals surface area contributed by atoms with E-state index in [0.717, 1.165) is 12.1 Å². The molecule has 0 N–H and O–H groups in total. The highest BCUT2D eigenvalue weighted by molar-refractivity contribution is 5.89. The van der Waals surface area contributed by atoms with E-state index in [0.29, 0.717) is 11.3 Å². The summed E-state index contributed by atoms with van der Waals surface area (Å²) < 4.78 is 37.7. The van der Waals surface area contributed by atoms with Crippen LogP contribution >= 0.6 is 0 Å². The lowest BCUT2D eigenvalue weighted by Gasteiger charge is -2.15. The van der Waals surface area contributed by atoms with Gasteiger partial charge in [0.1, 0.15) is 5.92 Å². The quantitative estimate of drug-likeness (QED) is 0.826. The number of ketones is 1. The normalized spacial score (nSPS) is 13.8. The Balaban J connectivity index is 2.10. The van der Waals surface area contributed by atoms with Crippen LogP contribution in [0.15, 0.2) is 48.7 Å². The predicted molar refractivity (Wildman–Crippen MR) is 81.9 cm³/mol. The standard InChI is InChI=1S/C18H15F3N2O/c1-12(10-13-5-7-14(8-6-13)18(19,20)21)17(24)15(11-22)16-4-2-3-9-23-16/h2-9,12,15H,10H2,1H3/t12-,15-/m1/s1. The zero-order chi connectivity index (χ0) is 17.7. The van der Waals surface area contributed by atoms with E-state index in [9.17, 15) is 23.2 Å². The number of pyridine rings is 1. The number of hydrogen-bond acceptors (Lipinski definition) is 3. The SMILES string of the molecule is C[C@H](Cc1ccc(C(F)(F)F)cc1)C(=O)[C@H](C#N)c1ccccn1. The van der Waals surface area contributed by atoms with E-state index in [1.54, 1.807) is 25.1 Å². The van der Waals surface area contributed by atoms with Crippen molar-refractivity contribution < 1.29 is 18.0 Å². The second kappa shape index (κ2) is 7.26. The Kier molecular flexibility index (Phi) is 5.35. The number of Topliss-reactive ketones (excluding diaryl/α,β-unsaturated/α-hetero) is 1. The molecule has 0 spiro atoms. The number of nitrogens with zero attached hydrogens (tertiary/aromatic N) is 2. The lowest BCUT2D eigenvalue weighted by Crippen LogP contribution is -2.21. The van der Waals surface area contributed by atoms with Crippen molar-refractivity contribution in [1.82, 2.24) is 4.98 Å². The maximum atomic E-state index is 12.6. The lowest BCUT2D eigenvalue weighted by atomic mass is 9.88. The molecular weight excluding hydrogens is 317 g/mol. The summed E-state index contributed by atoms with van der Waals surface area (Å²) in [6.07, 6.45) is -2.61. The van der Waals surface area contributed by atoms with Gasteiger partial charge in [-0.2, -0.15) is 18.4 Å². The molecule has 1 aromatic carbocycles. The molecule has 1 heterocycles. The van der Waals surface area contributed by atoms with Crippen LogP contribution in [0.5, 0.6) is 0 Å². The fourth-order valence-electron chi connectivity index (χ4n) is 2.39. The number of alkyl halides is 3. The molecule has 0 aliphatic carbocycles. The van der Waals surface area contributed by atoms with Gasteiger partial charge in [-0.15, -0.1) is 0 Å². The van der Waals surface area contributed by atoms with Crippen LogP contribution in [0.1, 0.15) is 29.7 Å². The molecule has 24 heavy (non-hydrogen) atoms. The molecule has 0 saturated heterocycles. The third-order valence-electron chi connectivity index (χ3n) is 3.71. The molecule has 0 aliphatic heterocycles. The molecule has 124 valence electrons. The van der Waals surface area contributed by atoms with Gasteiger partial charge in [-0.25, -0.2) is 0 Å². The number of rotatable bonds is 5. The molecule has 6 heteroatoms. The first-order valence-electron chi connectivity index (χ1n) is 7.33. The molecule has 0 amide bonds. The van der Waals surface area contributed by atoms with Gasteiger partial charge >= 0.3 is 6.18 Å². The summed E-state index contributed by atoms with van der Waals surface area (Å²) >= 11 is 0. The Morgan fingerprint density at radius 3 is 2.38 bits per heavy atom. The van der Waals surface area contributed by atoms with Crippen molar-refractivity contribution in [2.24, 2.45) is 5.92 Å². The van der Waals surface area contributed by atoms with Crippen LogP contribution in [0, 0.1) is 17.2 Å². The Morgan fingerprint density at radius 2 is 1.88 bits per heavy atom. The summed E-state index contributed by atoms with van der Waals surface area (Å²) in [7, 11) is 0. The third kappa shape index (κ3) is 4.19. The second-order valence-corrected chi connectivity index (χ2v) is 5.52. The van der Waals surface area contributed by atoms with Gasteiger partial charge in [0.05, 0.1) is 17.3 Å². The molecule has 2 rings (SSSR count). The van der Waals surface area contributed by atoms with E-state index in [1.807, 2.05) is 6.07 Å². The van der Waals surface area contributed by atoms with Crippen molar-refractivity contribution in [3.8, 4) is 6.07 Å². The van der Waals surface area contributed by atoms with Crippen molar-refractivity contribution in [3.63, 3.8) is 0 Å². The second-order valence-electron chi connectivity index (χ2n) is 5.52. The number of aromatic nitrogens is 1. The van der Waals surface area contributed by atoms with Crippen LogP contribution in [-0.2, 0) is 17.4 Å². The van der Waals surface area contributed by atoms with Gasteiger partial charge in [-0.3, -0.25) is 9.78 Å². The van der Waals surface area contributed by atoms with Crippen LogP contribution in [0.25, 0.3) is 0 Å². The average molecular weight is 332 g/mol. The van der Waals surface area contributed by atoms with E-state index in [1.165, 1.54) is 18.3 Å². The minimum Gasteiger partial charge on any atom is -0.297 e. The summed E-state index contributed by atoms with van der Waals surface area (Å²) in [6.45, 7) is 1.66. The number of hydrogen-bond donors (Lipinski definition) is 0. The van der Waals surface area contributed by atoms with Crippen molar-refractivity contribution in [2.45, 2.75) is 25.4 Å². The van der Waals surface area contributed by atoms with Crippen LogP contribution in [0.4, 0.5) is 13.2 Å². The minimum absolute atomic E-state index is 0.266. The molecule has 1 aromatic heterocycles. The summed E-state index contributed by atoms with van der Waals surface area (Å²) in [5.41, 5.74) is 0.263. The molecular formula is C18H15F3N2O. The first-order valence-corrected chi connectivity index (χ1v) is 7.33. The van der Waals surface area contributed by atoms with E-state index in [-0.39, 0.29) is 12.2 Å². The predicted octanol–water partition coefficient (Wildman–Crippen LogP) is 4.16. The van der Waals surface area contributed by atoms with Gasteiger partial charge in [0, 0.05) is 12.1 Å². The maximum Gasteiger partial charge on any atom is 0.416 e. The molecule has 2 atom stereocenters.